The van der Waals surface area contributed by atoms with Crippen molar-refractivity contribution in [2.75, 3.05) is 18.6 Å². The van der Waals surface area contributed by atoms with Crippen molar-refractivity contribution in [1.82, 2.24) is 0 Å². The zero-order chi connectivity index (χ0) is 12.7. The summed E-state index contributed by atoms with van der Waals surface area (Å²) in [7, 11) is 0. The summed E-state index contributed by atoms with van der Waals surface area (Å²) >= 11 is 7.48. The van der Waals surface area contributed by atoms with E-state index in [-0.39, 0.29) is 5.97 Å². The molecule has 0 saturated heterocycles. The van der Waals surface area contributed by atoms with E-state index in [1.807, 2.05) is 30.5 Å². The number of thioether (sulfide) groups is 1. The van der Waals surface area contributed by atoms with Crippen molar-refractivity contribution in [3.8, 4) is 0 Å². The van der Waals surface area contributed by atoms with Crippen LogP contribution in [0.3, 0.4) is 0 Å². The molecule has 0 radical (unpaired) electrons. The normalized spacial score (nSPS) is 11.4. The van der Waals surface area contributed by atoms with Gasteiger partial charge in [0.15, 0.2) is 0 Å². The molecule has 0 bridgehead atoms. The van der Waals surface area contributed by atoms with Crippen molar-refractivity contribution in [2.45, 2.75) is 6.92 Å². The van der Waals surface area contributed by atoms with Crippen LogP contribution >= 0.6 is 23.4 Å². The highest BCUT2D eigenvalue weighted by atomic mass is 35.5. The summed E-state index contributed by atoms with van der Waals surface area (Å²) in [5.41, 5.74) is 1.57. The average molecular weight is 271 g/mol. The van der Waals surface area contributed by atoms with Crippen LogP contribution in [0.4, 0.5) is 0 Å². The summed E-state index contributed by atoms with van der Waals surface area (Å²) in [4.78, 5) is 11.7. The highest BCUT2D eigenvalue weighted by Gasteiger charge is 2.09. The summed E-state index contributed by atoms with van der Waals surface area (Å²) in [6.07, 6.45) is 3.77. The molecule has 0 heterocycles. The lowest BCUT2D eigenvalue weighted by atomic mass is 10.1. The SMILES string of the molecule is CCOC(=O)/C(=C/c1cccc(Cl)c1)CSC. The fraction of sp³-hybridized carbons (Fsp3) is 0.308. The Hall–Kier alpha value is -0.930. The second-order valence-electron chi connectivity index (χ2n) is 3.38. The van der Waals surface area contributed by atoms with Crippen LogP contribution in [-0.2, 0) is 9.53 Å². The van der Waals surface area contributed by atoms with Gasteiger partial charge in [0.1, 0.15) is 0 Å². The molecule has 0 fully saturated rings. The monoisotopic (exact) mass is 270 g/mol. The number of benzene rings is 1. The van der Waals surface area contributed by atoms with E-state index >= 15 is 0 Å². The van der Waals surface area contributed by atoms with E-state index in [2.05, 4.69) is 0 Å². The molecule has 0 aliphatic carbocycles. The highest BCUT2D eigenvalue weighted by molar-refractivity contribution is 7.98. The Bertz CT molecular complexity index is 416. The van der Waals surface area contributed by atoms with E-state index in [1.54, 1.807) is 24.8 Å². The molecule has 0 aliphatic rings. The van der Waals surface area contributed by atoms with Crippen molar-refractivity contribution in [2.24, 2.45) is 0 Å². The number of ether oxygens (including phenoxy) is 1. The molecule has 4 heteroatoms. The molecule has 2 nitrogen and oxygen atoms in total. The van der Waals surface area contributed by atoms with Gasteiger partial charge in [-0.3, -0.25) is 0 Å². The second kappa shape index (κ2) is 7.41. The van der Waals surface area contributed by atoms with Crippen LogP contribution in [-0.4, -0.2) is 24.6 Å². The molecule has 1 aromatic rings. The van der Waals surface area contributed by atoms with Gasteiger partial charge in [-0.2, -0.15) is 11.8 Å². The first-order chi connectivity index (χ1) is 8.17. The lowest BCUT2D eigenvalue weighted by molar-refractivity contribution is -0.138. The van der Waals surface area contributed by atoms with Crippen molar-refractivity contribution in [3.05, 3.63) is 40.4 Å². The van der Waals surface area contributed by atoms with Crippen LogP contribution in [0.1, 0.15) is 12.5 Å². The Morgan fingerprint density at radius 3 is 2.88 bits per heavy atom. The number of hydrogen-bond donors (Lipinski definition) is 0. The molecule has 0 spiro atoms. The van der Waals surface area contributed by atoms with Crippen molar-refractivity contribution >= 4 is 35.4 Å². The molecule has 0 saturated carbocycles. The van der Waals surface area contributed by atoms with Crippen molar-refractivity contribution in [3.63, 3.8) is 0 Å². The van der Waals surface area contributed by atoms with E-state index in [0.29, 0.717) is 23.0 Å². The highest BCUT2D eigenvalue weighted by Crippen LogP contribution is 2.16. The van der Waals surface area contributed by atoms with Crippen LogP contribution in [0.5, 0.6) is 0 Å². The Balaban J connectivity index is 2.93. The van der Waals surface area contributed by atoms with Crippen LogP contribution in [0, 0.1) is 0 Å². The zero-order valence-corrected chi connectivity index (χ0v) is 11.5. The third-order valence-electron chi connectivity index (χ3n) is 2.03. The molecule has 0 aliphatic heterocycles. The van der Waals surface area contributed by atoms with Gasteiger partial charge < -0.3 is 4.74 Å². The fourth-order valence-corrected chi connectivity index (χ4v) is 2.05. The molecule has 17 heavy (non-hydrogen) atoms. The number of rotatable bonds is 5. The topological polar surface area (TPSA) is 26.3 Å². The smallest absolute Gasteiger partial charge is 0.334 e. The predicted molar refractivity (Wildman–Crippen MR) is 74.4 cm³/mol. The van der Waals surface area contributed by atoms with E-state index < -0.39 is 0 Å². The molecule has 0 amide bonds. The summed E-state index contributed by atoms with van der Waals surface area (Å²) < 4.78 is 5.01. The van der Waals surface area contributed by atoms with Crippen LogP contribution in [0.15, 0.2) is 29.8 Å². The maximum Gasteiger partial charge on any atom is 0.334 e. The van der Waals surface area contributed by atoms with Gasteiger partial charge in [0.05, 0.1) is 6.61 Å². The number of halogens is 1. The van der Waals surface area contributed by atoms with Gasteiger partial charge in [0.2, 0.25) is 0 Å². The van der Waals surface area contributed by atoms with Gasteiger partial charge in [-0.25, -0.2) is 4.79 Å². The maximum absolute atomic E-state index is 11.7. The largest absolute Gasteiger partial charge is 0.463 e. The molecular weight excluding hydrogens is 256 g/mol. The van der Waals surface area contributed by atoms with Gasteiger partial charge >= 0.3 is 5.97 Å². The second-order valence-corrected chi connectivity index (χ2v) is 4.68. The minimum Gasteiger partial charge on any atom is -0.463 e. The third kappa shape index (κ3) is 4.84. The van der Waals surface area contributed by atoms with E-state index in [1.165, 1.54) is 0 Å². The number of hydrogen-bond acceptors (Lipinski definition) is 3. The quantitative estimate of drug-likeness (QED) is 0.603. The van der Waals surface area contributed by atoms with Crippen molar-refractivity contribution in [1.29, 1.82) is 0 Å². The van der Waals surface area contributed by atoms with Gasteiger partial charge in [0.25, 0.3) is 0 Å². The Morgan fingerprint density at radius 2 is 2.29 bits per heavy atom. The Kier molecular flexibility index (Phi) is 6.16. The first-order valence-electron chi connectivity index (χ1n) is 5.29. The van der Waals surface area contributed by atoms with Gasteiger partial charge in [-0.05, 0) is 37.0 Å². The van der Waals surface area contributed by atoms with Gasteiger partial charge in [-0.15, -0.1) is 0 Å². The summed E-state index contributed by atoms with van der Waals surface area (Å²) in [6.45, 7) is 2.19. The lowest BCUT2D eigenvalue weighted by Crippen LogP contribution is -2.09. The van der Waals surface area contributed by atoms with Crippen LogP contribution < -0.4 is 0 Å². The number of esters is 1. The fourth-order valence-electron chi connectivity index (χ4n) is 1.34. The average Bonchev–Trinajstić information content (AvgIpc) is 2.29. The van der Waals surface area contributed by atoms with E-state index in [0.717, 1.165) is 5.56 Å². The molecule has 1 aromatic carbocycles. The third-order valence-corrected chi connectivity index (χ3v) is 2.86. The summed E-state index contributed by atoms with van der Waals surface area (Å²) in [5.74, 6) is 0.368. The van der Waals surface area contributed by atoms with Crippen LogP contribution in [0.2, 0.25) is 5.02 Å². The minimum absolute atomic E-state index is 0.262. The van der Waals surface area contributed by atoms with E-state index in [4.69, 9.17) is 16.3 Å². The number of carbonyl (C=O) groups is 1. The standard InChI is InChI=1S/C13H15ClO2S/c1-3-16-13(15)11(9-17-2)7-10-5-4-6-12(14)8-10/h4-8H,3,9H2,1-2H3/b11-7+. The minimum atomic E-state index is -0.262. The Labute approximate surface area is 111 Å². The first-order valence-corrected chi connectivity index (χ1v) is 7.06. The first kappa shape index (κ1) is 14.1. The molecule has 0 unspecified atom stereocenters. The van der Waals surface area contributed by atoms with Gasteiger partial charge in [0, 0.05) is 16.3 Å². The molecule has 0 aromatic heterocycles. The van der Waals surface area contributed by atoms with Crippen LogP contribution in [0.25, 0.3) is 6.08 Å². The summed E-state index contributed by atoms with van der Waals surface area (Å²) in [5, 5.41) is 0.658. The van der Waals surface area contributed by atoms with E-state index in [9.17, 15) is 4.79 Å². The zero-order valence-electron chi connectivity index (χ0n) is 9.90. The number of carbonyl (C=O) groups excluding carboxylic acids is 1. The summed E-state index contributed by atoms with van der Waals surface area (Å²) in [6, 6.07) is 7.39. The molecule has 92 valence electrons. The molecule has 0 N–H and O–H groups in total. The molecular formula is C13H15ClO2S. The Morgan fingerprint density at radius 1 is 1.53 bits per heavy atom. The molecule has 1 rings (SSSR count). The van der Waals surface area contributed by atoms with Crippen molar-refractivity contribution < 1.29 is 9.53 Å². The molecule has 0 atom stereocenters. The predicted octanol–water partition coefficient (Wildman–Crippen LogP) is 3.65. The lowest BCUT2D eigenvalue weighted by Gasteiger charge is -2.05. The van der Waals surface area contributed by atoms with Gasteiger partial charge in [-0.1, -0.05) is 23.7 Å². The maximum atomic E-state index is 11.7.